The number of nitrogens with zero attached hydrogens (tertiary/aromatic N) is 4. The van der Waals surface area contributed by atoms with E-state index in [2.05, 4.69) is 10.2 Å². The van der Waals surface area contributed by atoms with Crippen molar-refractivity contribution in [3.8, 4) is 5.69 Å². The second-order valence-corrected chi connectivity index (χ2v) is 6.83. The van der Waals surface area contributed by atoms with E-state index in [1.54, 1.807) is 35.8 Å². The summed E-state index contributed by atoms with van der Waals surface area (Å²) in [5.41, 5.74) is -1.08. The van der Waals surface area contributed by atoms with Crippen LogP contribution in [0.1, 0.15) is 11.4 Å². The van der Waals surface area contributed by atoms with E-state index >= 15 is 0 Å². The summed E-state index contributed by atoms with van der Waals surface area (Å²) in [7, 11) is 0. The first-order valence-corrected chi connectivity index (χ1v) is 8.57. The van der Waals surface area contributed by atoms with Gasteiger partial charge in [0.1, 0.15) is 5.82 Å². The van der Waals surface area contributed by atoms with Crippen molar-refractivity contribution in [1.29, 1.82) is 0 Å². The third kappa shape index (κ3) is 4.06. The summed E-state index contributed by atoms with van der Waals surface area (Å²) < 4.78 is 40.2. The molecule has 3 aromatic rings. The van der Waals surface area contributed by atoms with Crippen molar-refractivity contribution in [1.82, 2.24) is 14.8 Å². The average Bonchev–Trinajstić information content (AvgIpc) is 2.95. The van der Waals surface area contributed by atoms with E-state index in [1.807, 2.05) is 0 Å². The molecule has 0 bridgehead atoms. The molecule has 0 radical (unpaired) electrons. The van der Waals surface area contributed by atoms with Crippen LogP contribution in [0, 0.1) is 17.0 Å². The summed E-state index contributed by atoms with van der Waals surface area (Å²) in [5, 5.41) is 20.0. The summed E-state index contributed by atoms with van der Waals surface area (Å²) in [5.74, 6) is 0.509. The monoisotopic (exact) mass is 414 g/mol. The van der Waals surface area contributed by atoms with E-state index in [0.29, 0.717) is 22.6 Å². The number of nitro groups is 1. The lowest BCUT2D eigenvalue weighted by molar-refractivity contribution is -0.388. The van der Waals surface area contributed by atoms with Gasteiger partial charge in [-0.1, -0.05) is 11.6 Å². The van der Waals surface area contributed by atoms with Crippen LogP contribution in [-0.2, 0) is 6.18 Å². The Morgan fingerprint density at radius 1 is 1.15 bits per heavy atom. The minimum Gasteiger partial charge on any atom is -0.274 e. The Labute approximate surface area is 160 Å². The smallest absolute Gasteiger partial charge is 0.274 e. The topological polar surface area (TPSA) is 73.8 Å². The molecule has 2 aromatic carbocycles. The molecule has 0 saturated carbocycles. The van der Waals surface area contributed by atoms with Crippen molar-refractivity contribution in [2.75, 3.05) is 0 Å². The van der Waals surface area contributed by atoms with Gasteiger partial charge in [-0.3, -0.25) is 14.7 Å². The van der Waals surface area contributed by atoms with E-state index < -0.39 is 22.4 Å². The van der Waals surface area contributed by atoms with Crippen molar-refractivity contribution in [3.05, 3.63) is 69.0 Å². The van der Waals surface area contributed by atoms with Gasteiger partial charge >= 0.3 is 6.18 Å². The first-order valence-electron chi connectivity index (χ1n) is 7.38. The van der Waals surface area contributed by atoms with Gasteiger partial charge < -0.3 is 0 Å². The lowest BCUT2D eigenvalue weighted by Crippen LogP contribution is -2.06. The number of aryl methyl sites for hydroxylation is 1. The standard InChI is InChI=1S/C16H10ClF3N4O2S/c1-9-21-22-15(23(9)12-5-3-11(17)4-6-12)27-14-7-2-10(16(18,19)20)8-13(14)24(25)26/h2-8H,1H3. The van der Waals surface area contributed by atoms with Crippen LogP contribution in [0.25, 0.3) is 5.69 Å². The molecule has 0 N–H and O–H groups in total. The molecule has 1 heterocycles. The highest BCUT2D eigenvalue weighted by Gasteiger charge is 2.33. The summed E-state index contributed by atoms with van der Waals surface area (Å²) in [6.07, 6.45) is -4.67. The molecule has 1 aromatic heterocycles. The zero-order valence-electron chi connectivity index (χ0n) is 13.6. The van der Waals surface area contributed by atoms with Gasteiger partial charge in [0.2, 0.25) is 5.16 Å². The largest absolute Gasteiger partial charge is 0.416 e. The highest BCUT2D eigenvalue weighted by molar-refractivity contribution is 7.99. The van der Waals surface area contributed by atoms with Crippen LogP contribution >= 0.6 is 23.4 Å². The first kappa shape index (κ1) is 19.2. The van der Waals surface area contributed by atoms with Crippen LogP contribution in [0.5, 0.6) is 0 Å². The molecule has 0 aliphatic rings. The number of alkyl halides is 3. The maximum absolute atomic E-state index is 12.8. The SMILES string of the molecule is Cc1nnc(Sc2ccc(C(F)(F)F)cc2[N+](=O)[O-])n1-c1ccc(Cl)cc1. The second kappa shape index (κ2) is 7.20. The third-order valence-corrected chi connectivity index (χ3v) is 4.83. The van der Waals surface area contributed by atoms with Crippen LogP contribution in [-0.4, -0.2) is 19.7 Å². The highest BCUT2D eigenvalue weighted by atomic mass is 35.5. The van der Waals surface area contributed by atoms with Crippen molar-refractivity contribution in [2.24, 2.45) is 0 Å². The minimum atomic E-state index is -4.67. The summed E-state index contributed by atoms with van der Waals surface area (Å²) in [4.78, 5) is 10.4. The molecule has 0 unspecified atom stereocenters. The Morgan fingerprint density at radius 2 is 1.81 bits per heavy atom. The van der Waals surface area contributed by atoms with Gasteiger partial charge in [0.15, 0.2) is 0 Å². The van der Waals surface area contributed by atoms with E-state index in [-0.39, 0.29) is 10.1 Å². The molecule has 0 atom stereocenters. The van der Waals surface area contributed by atoms with Gasteiger partial charge in [-0.25, -0.2) is 0 Å². The molecule has 140 valence electrons. The van der Waals surface area contributed by atoms with Crippen molar-refractivity contribution in [3.63, 3.8) is 0 Å². The molecule has 0 fully saturated rings. The Morgan fingerprint density at radius 3 is 2.41 bits per heavy atom. The predicted molar refractivity (Wildman–Crippen MR) is 93.3 cm³/mol. The fourth-order valence-corrected chi connectivity index (χ4v) is 3.42. The van der Waals surface area contributed by atoms with Crippen LogP contribution in [0.2, 0.25) is 5.02 Å². The maximum Gasteiger partial charge on any atom is 0.416 e. The van der Waals surface area contributed by atoms with Crippen LogP contribution in [0.4, 0.5) is 18.9 Å². The number of rotatable bonds is 4. The van der Waals surface area contributed by atoms with Gasteiger partial charge in [-0.05, 0) is 55.1 Å². The number of benzene rings is 2. The van der Waals surface area contributed by atoms with E-state index in [0.717, 1.165) is 23.9 Å². The second-order valence-electron chi connectivity index (χ2n) is 5.38. The fourth-order valence-electron chi connectivity index (χ4n) is 2.32. The third-order valence-electron chi connectivity index (χ3n) is 3.56. The normalized spacial score (nSPS) is 11.6. The lowest BCUT2D eigenvalue weighted by atomic mass is 10.2. The number of aromatic nitrogens is 3. The van der Waals surface area contributed by atoms with Gasteiger partial charge in [0, 0.05) is 16.8 Å². The molecule has 0 amide bonds. The molecule has 6 nitrogen and oxygen atoms in total. The molecule has 0 aliphatic carbocycles. The average molecular weight is 415 g/mol. The predicted octanol–water partition coefficient (Wildman–Crippen LogP) is 5.31. The molecule has 27 heavy (non-hydrogen) atoms. The number of halogens is 4. The van der Waals surface area contributed by atoms with E-state index in [9.17, 15) is 23.3 Å². The number of nitro benzene ring substituents is 1. The molecule has 0 aliphatic heterocycles. The first-order chi connectivity index (χ1) is 12.7. The zero-order valence-corrected chi connectivity index (χ0v) is 15.1. The molecule has 0 spiro atoms. The van der Waals surface area contributed by atoms with E-state index in [1.165, 1.54) is 0 Å². The maximum atomic E-state index is 12.8. The zero-order chi connectivity index (χ0) is 19.8. The Balaban J connectivity index is 2.04. The van der Waals surface area contributed by atoms with Crippen LogP contribution < -0.4 is 0 Å². The van der Waals surface area contributed by atoms with Gasteiger partial charge in [0.05, 0.1) is 15.4 Å². The van der Waals surface area contributed by atoms with Gasteiger partial charge in [0.25, 0.3) is 5.69 Å². The van der Waals surface area contributed by atoms with Gasteiger partial charge in [-0.15, -0.1) is 10.2 Å². The Hall–Kier alpha value is -2.59. The van der Waals surface area contributed by atoms with Crippen molar-refractivity contribution < 1.29 is 18.1 Å². The summed E-state index contributed by atoms with van der Waals surface area (Å²) >= 11 is 6.73. The van der Waals surface area contributed by atoms with Crippen LogP contribution in [0.3, 0.4) is 0 Å². The highest BCUT2D eigenvalue weighted by Crippen LogP contribution is 2.39. The quantitative estimate of drug-likeness (QED) is 0.427. The van der Waals surface area contributed by atoms with Gasteiger partial charge in [-0.2, -0.15) is 13.2 Å². The molecule has 0 saturated heterocycles. The molecule has 11 heteroatoms. The Bertz CT molecular complexity index is 1010. The minimum absolute atomic E-state index is 0.0237. The number of hydrogen-bond acceptors (Lipinski definition) is 5. The Kier molecular flexibility index (Phi) is 5.11. The molecular weight excluding hydrogens is 405 g/mol. The van der Waals surface area contributed by atoms with E-state index in [4.69, 9.17) is 11.6 Å². The van der Waals surface area contributed by atoms with Crippen LogP contribution in [0.15, 0.2) is 52.5 Å². The molecule has 3 rings (SSSR count). The molecular formula is C16H10ClF3N4O2S. The summed E-state index contributed by atoms with van der Waals surface area (Å²) in [6.45, 7) is 1.69. The fraction of sp³-hybridized carbons (Fsp3) is 0.125. The number of hydrogen-bond donors (Lipinski definition) is 0. The lowest BCUT2D eigenvalue weighted by Gasteiger charge is -2.10. The summed E-state index contributed by atoms with van der Waals surface area (Å²) in [6, 6.07) is 9.11. The van der Waals surface area contributed by atoms with Crippen molar-refractivity contribution >= 4 is 29.1 Å². The van der Waals surface area contributed by atoms with Crippen molar-refractivity contribution in [2.45, 2.75) is 23.2 Å².